The van der Waals surface area contributed by atoms with E-state index in [1.54, 1.807) is 6.07 Å². The summed E-state index contributed by atoms with van der Waals surface area (Å²) in [6.45, 7) is 6.56. The number of benzene rings is 3. The minimum absolute atomic E-state index is 0.00357. The lowest BCUT2D eigenvalue weighted by molar-refractivity contribution is -0.132. The molecule has 0 radical (unpaired) electrons. The second kappa shape index (κ2) is 36.2. The molecule has 2 aliphatic heterocycles. The van der Waals surface area contributed by atoms with Crippen molar-refractivity contribution < 1.29 is 66.7 Å². The fourth-order valence-electron chi connectivity index (χ4n) is 8.84. The molecule has 1 saturated heterocycles. The van der Waals surface area contributed by atoms with Crippen LogP contribution >= 0.6 is 0 Å². The highest BCUT2D eigenvalue weighted by molar-refractivity contribution is 6.09. The topological polar surface area (TPSA) is 310 Å². The molecule has 5 rings (SSSR count). The number of anilines is 1. The van der Waals surface area contributed by atoms with E-state index in [1.165, 1.54) is 17.0 Å². The van der Waals surface area contributed by atoms with Crippen molar-refractivity contribution in [1.82, 2.24) is 36.1 Å². The fraction of sp³-hybridized carbons (Fsp3) is 0.561. The third kappa shape index (κ3) is 22.5. The lowest BCUT2D eigenvalue weighted by Crippen LogP contribution is -2.39. The average Bonchev–Trinajstić information content (AvgIpc) is 3.94. The predicted octanol–water partition coefficient (Wildman–Crippen LogP) is 4.00. The summed E-state index contributed by atoms with van der Waals surface area (Å²) in [5.41, 5.74) is 11.5. The number of carbonyl (C=O) groups excluding carboxylic acids is 5. The first-order chi connectivity index (χ1) is 39.7. The highest BCUT2D eigenvalue weighted by Crippen LogP contribution is 2.42. The molecule has 0 saturated carbocycles. The van der Waals surface area contributed by atoms with Crippen LogP contribution in [0.1, 0.15) is 72.6 Å². The van der Waals surface area contributed by atoms with Gasteiger partial charge in [-0.1, -0.05) is 18.0 Å². The quantitative estimate of drug-likeness (QED) is 0.00916. The first-order valence-corrected chi connectivity index (χ1v) is 27.9. The van der Waals surface area contributed by atoms with Gasteiger partial charge in [-0.3, -0.25) is 19.2 Å². The average molecular weight is 1150 g/mol. The van der Waals surface area contributed by atoms with E-state index in [9.17, 15) is 33.9 Å². The van der Waals surface area contributed by atoms with Crippen LogP contribution in [0.5, 0.6) is 0 Å². The number of ether oxygens (including phenoxy) is 6. The van der Waals surface area contributed by atoms with Crippen molar-refractivity contribution in [3.8, 4) is 22.5 Å². The SMILES string of the molecule is C[C@@H]1NC(=O)N[C@H]1CCCCCC(=O)NCCOCCOCCOCCNC(=O)CCN(CCOCCOCCOCCN=[N+]=[N-])C(=O)CCNC(=O)c1ccc(C(=O)O)c(-c2c3ccc(=[N+](C)C)cc-3oc3cc(N(C)C)ccc23)c1. The molecule has 2 aromatic carbocycles. The molecule has 0 spiro atoms. The molecule has 448 valence electrons. The van der Waals surface area contributed by atoms with Gasteiger partial charge < -0.3 is 74.3 Å². The van der Waals surface area contributed by atoms with E-state index >= 15 is 0 Å². The Kier molecular flexibility index (Phi) is 28.9. The summed E-state index contributed by atoms with van der Waals surface area (Å²) in [7, 11) is 7.65. The number of nitrogens with one attached hydrogen (secondary N) is 5. The number of aromatic carboxylic acids is 1. The van der Waals surface area contributed by atoms with Crippen LogP contribution in [0.2, 0.25) is 0 Å². The smallest absolute Gasteiger partial charge is 0.336 e. The van der Waals surface area contributed by atoms with Crippen LogP contribution in [-0.4, -0.2) is 204 Å². The number of carboxylic acids is 1. The second-order valence-corrected chi connectivity index (χ2v) is 19.8. The van der Waals surface area contributed by atoms with Gasteiger partial charge in [0.15, 0.2) is 0 Å². The van der Waals surface area contributed by atoms with Crippen LogP contribution in [0.15, 0.2) is 64.1 Å². The molecule has 25 heteroatoms. The molecular weight excluding hydrogens is 1060 g/mol. The number of carbonyl (C=O) groups is 6. The highest BCUT2D eigenvalue weighted by atomic mass is 16.5. The number of rotatable bonds is 40. The Morgan fingerprint density at radius 3 is 1.98 bits per heavy atom. The van der Waals surface area contributed by atoms with Gasteiger partial charge in [0.1, 0.15) is 25.4 Å². The van der Waals surface area contributed by atoms with Crippen molar-refractivity contribution in [2.45, 2.75) is 64.0 Å². The molecule has 2 atom stereocenters. The molecule has 0 aromatic heterocycles. The zero-order valence-electron chi connectivity index (χ0n) is 48.0. The summed E-state index contributed by atoms with van der Waals surface area (Å²) < 4.78 is 41.7. The number of urea groups is 1. The Morgan fingerprint density at radius 2 is 1.35 bits per heavy atom. The standard InChI is InChI=1S/C57H81N11O14/c1-40-48(64-57(75)63-40)9-7-6-8-10-51(69)59-20-25-76-29-33-80-34-30-77-26-21-60-52(70)18-23-68(24-28-79-32-36-81-35-31-78-27-22-62-65-58)53(71)17-19-61-55(72)41-11-14-44(56(73)74)47(37-41)54-45-15-12-42(66(2)3)38-49(45)82-50-39-43(67(4)5)13-16-46(50)54/h11-16,37-40,48H,6-10,17-36H2,1-5H3,(H5-,59,60,61,63,64,69,70,72,73,74,75)/p+1/t40-,48-/m0/s1. The zero-order chi connectivity index (χ0) is 59.1. The molecule has 0 bridgehead atoms. The normalized spacial score (nSPS) is 13.7. The summed E-state index contributed by atoms with van der Waals surface area (Å²) in [6, 6.07) is 15.9. The Morgan fingerprint density at radius 1 is 0.707 bits per heavy atom. The fourth-order valence-corrected chi connectivity index (χ4v) is 8.84. The second-order valence-electron chi connectivity index (χ2n) is 19.8. The van der Waals surface area contributed by atoms with Gasteiger partial charge >= 0.3 is 12.0 Å². The first-order valence-electron chi connectivity index (χ1n) is 27.9. The number of amides is 6. The molecular formula is C57H82N11O14+. The van der Waals surface area contributed by atoms with E-state index in [4.69, 9.17) is 38.4 Å². The van der Waals surface area contributed by atoms with E-state index in [1.807, 2.05) is 81.0 Å². The molecule has 6 N–H and O–H groups in total. The number of hydrogen-bond acceptors (Lipinski definition) is 15. The molecule has 6 amide bonds. The molecule has 1 aliphatic carbocycles. The van der Waals surface area contributed by atoms with E-state index in [2.05, 4.69) is 36.6 Å². The first kappa shape index (κ1) is 65.4. The maximum Gasteiger partial charge on any atom is 0.336 e. The number of nitrogens with zero attached hydrogens (tertiary/aromatic N) is 6. The largest absolute Gasteiger partial charge is 0.478 e. The Bertz CT molecular complexity index is 2800. The van der Waals surface area contributed by atoms with Crippen molar-refractivity contribution in [1.29, 1.82) is 0 Å². The maximum atomic E-state index is 13.8. The number of azide groups is 1. The van der Waals surface area contributed by atoms with Crippen LogP contribution in [0, 0.1) is 0 Å². The Hall–Kier alpha value is -7.38. The number of carboxylic acid groups (broad SMARTS) is 1. The van der Waals surface area contributed by atoms with Crippen LogP contribution in [0.3, 0.4) is 0 Å². The van der Waals surface area contributed by atoms with Gasteiger partial charge in [0.25, 0.3) is 5.91 Å². The van der Waals surface area contributed by atoms with E-state index in [-0.39, 0.29) is 126 Å². The van der Waals surface area contributed by atoms with Crippen LogP contribution in [-0.2, 0) is 42.8 Å². The number of hydrogen-bond donors (Lipinski definition) is 6. The zero-order valence-corrected chi connectivity index (χ0v) is 48.0. The van der Waals surface area contributed by atoms with Crippen molar-refractivity contribution in [2.24, 2.45) is 5.11 Å². The van der Waals surface area contributed by atoms with Crippen molar-refractivity contribution in [3.05, 3.63) is 81.5 Å². The van der Waals surface area contributed by atoms with Gasteiger partial charge in [0, 0.05) is 123 Å². The van der Waals surface area contributed by atoms with Crippen molar-refractivity contribution in [2.75, 3.05) is 152 Å². The molecule has 0 unspecified atom stereocenters. The van der Waals surface area contributed by atoms with Crippen LogP contribution in [0.4, 0.5) is 10.5 Å². The third-order valence-electron chi connectivity index (χ3n) is 13.3. The minimum atomic E-state index is -1.17. The maximum absolute atomic E-state index is 13.8. The van der Waals surface area contributed by atoms with E-state index < -0.39 is 11.9 Å². The molecule has 3 aliphatic rings. The lowest BCUT2D eigenvalue weighted by Gasteiger charge is -2.23. The monoisotopic (exact) mass is 1140 g/mol. The molecule has 2 aromatic rings. The lowest BCUT2D eigenvalue weighted by atomic mass is 9.89. The van der Waals surface area contributed by atoms with Gasteiger partial charge in [-0.15, -0.1) is 0 Å². The predicted molar refractivity (Wildman–Crippen MR) is 308 cm³/mol. The van der Waals surface area contributed by atoms with Crippen LogP contribution < -0.4 is 41.4 Å². The summed E-state index contributed by atoms with van der Waals surface area (Å²) >= 11 is 0. The Balaban J connectivity index is 1.05. The number of unbranched alkanes of at least 4 members (excludes halogenated alkanes) is 2. The van der Waals surface area contributed by atoms with Crippen molar-refractivity contribution >= 4 is 52.3 Å². The summed E-state index contributed by atoms with van der Waals surface area (Å²) in [6.07, 6.45) is 3.87. The third-order valence-corrected chi connectivity index (χ3v) is 13.3. The summed E-state index contributed by atoms with van der Waals surface area (Å²) in [4.78, 5) is 82.9. The van der Waals surface area contributed by atoms with E-state index in [0.29, 0.717) is 92.6 Å². The van der Waals surface area contributed by atoms with Gasteiger partial charge in [0.2, 0.25) is 23.1 Å². The molecule has 2 heterocycles. The van der Waals surface area contributed by atoms with Gasteiger partial charge in [-0.2, -0.15) is 0 Å². The van der Waals surface area contributed by atoms with Crippen LogP contribution in [0.25, 0.3) is 43.9 Å². The van der Waals surface area contributed by atoms with Gasteiger partial charge in [-0.05, 0) is 67.3 Å². The van der Waals surface area contributed by atoms with Crippen molar-refractivity contribution in [3.63, 3.8) is 0 Å². The van der Waals surface area contributed by atoms with E-state index in [0.717, 1.165) is 36.7 Å². The molecule has 82 heavy (non-hydrogen) atoms. The minimum Gasteiger partial charge on any atom is -0.478 e. The molecule has 1 fully saturated rings. The highest BCUT2D eigenvalue weighted by Gasteiger charge is 2.27. The van der Waals surface area contributed by atoms with Gasteiger partial charge in [-0.25, -0.2) is 14.2 Å². The Labute approximate surface area is 478 Å². The summed E-state index contributed by atoms with van der Waals surface area (Å²) in [5, 5.41) is 29.6. The van der Waals surface area contributed by atoms with Gasteiger partial charge in [0.05, 0.1) is 97.0 Å². The molecule has 25 nitrogen and oxygen atoms in total. The summed E-state index contributed by atoms with van der Waals surface area (Å²) in [5.74, 6) is -1.80. The number of fused-ring (bicyclic) bond motifs is 2.